The number of amides is 1. The van der Waals surface area contributed by atoms with E-state index in [1.54, 1.807) is 25.3 Å². The van der Waals surface area contributed by atoms with Crippen LogP contribution in [-0.4, -0.2) is 49.3 Å². The molecule has 1 aliphatic rings. The van der Waals surface area contributed by atoms with Crippen molar-refractivity contribution in [2.45, 2.75) is 18.9 Å². The SMILES string of the molecule is COc1cc(NC2CCN(C)CC2)ccc1Nc1cc(-c2ccc(C(N)=O)s2)no1. The second kappa shape index (κ2) is 8.76. The summed E-state index contributed by atoms with van der Waals surface area (Å²) in [6, 6.07) is 11.7. The number of thiophene rings is 1. The van der Waals surface area contributed by atoms with Crippen LogP contribution in [0.15, 0.2) is 40.9 Å². The van der Waals surface area contributed by atoms with Gasteiger partial charge in [0.1, 0.15) is 11.4 Å². The smallest absolute Gasteiger partial charge is 0.258 e. The molecule has 0 atom stereocenters. The lowest BCUT2D eigenvalue weighted by Crippen LogP contribution is -2.36. The minimum Gasteiger partial charge on any atom is -0.494 e. The lowest BCUT2D eigenvalue weighted by atomic mass is 10.1. The number of methoxy groups -OCH3 is 1. The molecule has 8 nitrogen and oxygen atoms in total. The summed E-state index contributed by atoms with van der Waals surface area (Å²) in [5.74, 6) is 0.734. The molecule has 0 unspecified atom stereocenters. The standard InChI is InChI=1S/C21H25N5O3S/c1-26-9-7-13(8-10-26)23-14-3-4-15(17(11-14)28-2)24-20-12-16(25-29-20)18-5-6-19(30-18)21(22)27/h3-6,11-13,23-24H,7-10H2,1-2H3,(H2,22,27). The molecule has 3 aromatic rings. The van der Waals surface area contributed by atoms with E-state index in [0.717, 1.165) is 42.2 Å². The number of hydrogen-bond donors (Lipinski definition) is 3. The summed E-state index contributed by atoms with van der Waals surface area (Å²) in [5.41, 5.74) is 7.76. The van der Waals surface area contributed by atoms with Crippen LogP contribution in [-0.2, 0) is 0 Å². The van der Waals surface area contributed by atoms with Gasteiger partial charge in [0.2, 0.25) is 5.88 Å². The Morgan fingerprint density at radius 2 is 2.07 bits per heavy atom. The molecule has 0 aliphatic carbocycles. The average Bonchev–Trinajstić information content (AvgIpc) is 3.40. The molecule has 3 heterocycles. The van der Waals surface area contributed by atoms with Gasteiger partial charge in [0.15, 0.2) is 0 Å². The second-order valence-corrected chi connectivity index (χ2v) is 8.45. The van der Waals surface area contributed by atoms with Crippen molar-refractivity contribution >= 4 is 34.5 Å². The lowest BCUT2D eigenvalue weighted by Gasteiger charge is -2.30. The average molecular weight is 428 g/mol. The molecular formula is C21H25N5O3S. The van der Waals surface area contributed by atoms with Gasteiger partial charge in [-0.2, -0.15) is 0 Å². The molecule has 2 aromatic heterocycles. The zero-order valence-electron chi connectivity index (χ0n) is 17.0. The Hall–Kier alpha value is -3.04. The van der Waals surface area contributed by atoms with Crippen LogP contribution in [0.2, 0.25) is 0 Å². The first-order valence-electron chi connectivity index (χ1n) is 9.78. The van der Waals surface area contributed by atoms with Crippen molar-refractivity contribution in [2.75, 3.05) is 37.9 Å². The highest BCUT2D eigenvalue weighted by molar-refractivity contribution is 7.17. The number of benzene rings is 1. The van der Waals surface area contributed by atoms with Gasteiger partial charge in [-0.25, -0.2) is 0 Å². The van der Waals surface area contributed by atoms with E-state index >= 15 is 0 Å². The molecule has 4 N–H and O–H groups in total. The molecule has 0 spiro atoms. The summed E-state index contributed by atoms with van der Waals surface area (Å²) in [4.78, 5) is 14.9. The summed E-state index contributed by atoms with van der Waals surface area (Å²) in [6.45, 7) is 2.21. The van der Waals surface area contributed by atoms with E-state index in [-0.39, 0.29) is 0 Å². The van der Waals surface area contributed by atoms with Crippen molar-refractivity contribution in [1.82, 2.24) is 10.1 Å². The Morgan fingerprint density at radius 3 is 2.77 bits per heavy atom. The van der Waals surface area contributed by atoms with Crippen molar-refractivity contribution in [1.29, 1.82) is 0 Å². The molecule has 0 bridgehead atoms. The first kappa shape index (κ1) is 20.2. The fraction of sp³-hybridized carbons (Fsp3) is 0.333. The van der Waals surface area contributed by atoms with Gasteiger partial charge in [0.05, 0.1) is 22.6 Å². The van der Waals surface area contributed by atoms with E-state index < -0.39 is 5.91 Å². The van der Waals surface area contributed by atoms with E-state index in [4.69, 9.17) is 15.0 Å². The number of carbonyl (C=O) groups excluding carboxylic acids is 1. The van der Waals surface area contributed by atoms with E-state index in [1.165, 1.54) is 11.3 Å². The third-order valence-electron chi connectivity index (χ3n) is 5.16. The molecule has 0 radical (unpaired) electrons. The third-order valence-corrected chi connectivity index (χ3v) is 6.28. The minimum absolute atomic E-state index is 0.452. The Kier molecular flexibility index (Phi) is 5.91. The molecule has 30 heavy (non-hydrogen) atoms. The maximum atomic E-state index is 11.3. The van der Waals surface area contributed by atoms with Crippen molar-refractivity contribution in [3.63, 3.8) is 0 Å². The highest BCUT2D eigenvalue weighted by atomic mass is 32.1. The Balaban J connectivity index is 1.45. The zero-order chi connectivity index (χ0) is 21.1. The van der Waals surface area contributed by atoms with Gasteiger partial charge in [0.25, 0.3) is 5.91 Å². The number of anilines is 3. The molecular weight excluding hydrogens is 402 g/mol. The number of nitrogens with two attached hydrogens (primary N) is 1. The molecule has 158 valence electrons. The Labute approximate surface area is 179 Å². The highest BCUT2D eigenvalue weighted by Crippen LogP contribution is 2.34. The number of aromatic nitrogens is 1. The highest BCUT2D eigenvalue weighted by Gasteiger charge is 2.17. The zero-order valence-corrected chi connectivity index (χ0v) is 17.8. The van der Waals surface area contributed by atoms with Crippen molar-refractivity contribution in [2.24, 2.45) is 5.73 Å². The van der Waals surface area contributed by atoms with E-state index in [0.29, 0.717) is 28.2 Å². The fourth-order valence-electron chi connectivity index (χ4n) is 3.46. The molecule has 9 heteroatoms. The van der Waals surface area contributed by atoms with Gasteiger partial charge >= 0.3 is 0 Å². The normalized spacial score (nSPS) is 15.1. The molecule has 1 aromatic carbocycles. The number of rotatable bonds is 7. The number of nitrogens with one attached hydrogen (secondary N) is 2. The van der Waals surface area contributed by atoms with Gasteiger partial charge in [0, 0.05) is 23.9 Å². The van der Waals surface area contributed by atoms with Gasteiger partial charge in [-0.15, -0.1) is 11.3 Å². The van der Waals surface area contributed by atoms with Gasteiger partial charge < -0.3 is 30.5 Å². The van der Waals surface area contributed by atoms with E-state index in [2.05, 4.69) is 27.7 Å². The lowest BCUT2D eigenvalue weighted by molar-refractivity contribution is 0.100. The van der Waals surface area contributed by atoms with Crippen molar-refractivity contribution in [3.8, 4) is 16.3 Å². The van der Waals surface area contributed by atoms with Gasteiger partial charge in [-0.05, 0) is 57.2 Å². The first-order chi connectivity index (χ1) is 14.5. The summed E-state index contributed by atoms with van der Waals surface area (Å²) >= 11 is 1.28. The Morgan fingerprint density at radius 1 is 1.27 bits per heavy atom. The van der Waals surface area contributed by atoms with Crippen LogP contribution in [0, 0.1) is 0 Å². The predicted molar refractivity (Wildman–Crippen MR) is 119 cm³/mol. The number of hydrogen-bond acceptors (Lipinski definition) is 8. The molecule has 0 saturated carbocycles. The van der Waals surface area contributed by atoms with Crippen LogP contribution in [0.25, 0.3) is 10.6 Å². The minimum atomic E-state index is -0.452. The Bertz CT molecular complexity index is 1020. The molecule has 1 saturated heterocycles. The first-order valence-corrected chi connectivity index (χ1v) is 10.6. The van der Waals surface area contributed by atoms with Crippen LogP contribution in [0.4, 0.5) is 17.3 Å². The number of likely N-dealkylation sites (tertiary alicyclic amines) is 1. The summed E-state index contributed by atoms with van der Waals surface area (Å²) in [7, 11) is 3.80. The molecule has 1 aliphatic heterocycles. The monoisotopic (exact) mass is 427 g/mol. The number of nitrogens with zero attached hydrogens (tertiary/aromatic N) is 2. The third kappa shape index (κ3) is 4.58. The number of ether oxygens (including phenoxy) is 1. The maximum absolute atomic E-state index is 11.3. The van der Waals surface area contributed by atoms with E-state index in [9.17, 15) is 4.79 Å². The maximum Gasteiger partial charge on any atom is 0.258 e. The van der Waals surface area contributed by atoms with Crippen molar-refractivity contribution < 1.29 is 14.1 Å². The fourth-order valence-corrected chi connectivity index (χ4v) is 4.27. The number of carbonyl (C=O) groups is 1. The van der Waals surface area contributed by atoms with E-state index in [1.807, 2.05) is 18.2 Å². The second-order valence-electron chi connectivity index (χ2n) is 7.37. The van der Waals surface area contributed by atoms with Crippen LogP contribution >= 0.6 is 11.3 Å². The summed E-state index contributed by atoms with van der Waals surface area (Å²) in [5, 5.41) is 10.9. The predicted octanol–water partition coefficient (Wildman–Crippen LogP) is 3.76. The van der Waals surface area contributed by atoms with Crippen LogP contribution in [0.3, 0.4) is 0 Å². The van der Waals surface area contributed by atoms with Crippen LogP contribution < -0.4 is 21.1 Å². The number of piperidine rings is 1. The largest absolute Gasteiger partial charge is 0.494 e. The number of primary amides is 1. The van der Waals surface area contributed by atoms with Gasteiger partial charge in [-0.1, -0.05) is 5.16 Å². The topological polar surface area (TPSA) is 106 Å². The van der Waals surface area contributed by atoms with Crippen molar-refractivity contribution in [3.05, 3.63) is 41.3 Å². The van der Waals surface area contributed by atoms with Crippen LogP contribution in [0.5, 0.6) is 5.75 Å². The molecule has 4 rings (SSSR count). The summed E-state index contributed by atoms with van der Waals surface area (Å²) < 4.78 is 11.0. The molecule has 1 amide bonds. The van der Waals surface area contributed by atoms with Gasteiger partial charge in [-0.3, -0.25) is 4.79 Å². The summed E-state index contributed by atoms with van der Waals surface area (Å²) in [6.07, 6.45) is 2.25. The quantitative estimate of drug-likeness (QED) is 0.527. The molecule has 1 fully saturated rings. The van der Waals surface area contributed by atoms with Crippen LogP contribution in [0.1, 0.15) is 22.5 Å².